The highest BCUT2D eigenvalue weighted by atomic mass is 32.1. The molecule has 0 amide bonds. The summed E-state index contributed by atoms with van der Waals surface area (Å²) in [6.45, 7) is 5.32. The van der Waals surface area contributed by atoms with Crippen molar-refractivity contribution in [1.82, 2.24) is 4.98 Å². The fourth-order valence-electron chi connectivity index (χ4n) is 3.01. The van der Waals surface area contributed by atoms with Crippen LogP contribution in [0, 0.1) is 6.92 Å². The molecule has 0 saturated heterocycles. The number of aliphatic carboxylic acids is 1. The second kappa shape index (κ2) is 8.47. The molecule has 0 aliphatic rings. The van der Waals surface area contributed by atoms with Crippen LogP contribution in [0.3, 0.4) is 0 Å². The molecule has 158 valence electrons. The Labute approximate surface area is 176 Å². The van der Waals surface area contributed by atoms with E-state index >= 15 is 0 Å². The molecule has 0 fully saturated rings. The number of thiazole rings is 1. The van der Waals surface area contributed by atoms with Crippen molar-refractivity contribution >= 4 is 17.3 Å². The van der Waals surface area contributed by atoms with E-state index in [1.54, 1.807) is 31.3 Å². The van der Waals surface area contributed by atoms with Gasteiger partial charge in [-0.1, -0.05) is 18.2 Å². The van der Waals surface area contributed by atoms with Crippen LogP contribution < -0.4 is 4.74 Å². The van der Waals surface area contributed by atoms with Gasteiger partial charge in [-0.05, 0) is 56.2 Å². The Balaban J connectivity index is 1.73. The third kappa shape index (κ3) is 4.81. The zero-order valence-electron chi connectivity index (χ0n) is 16.5. The van der Waals surface area contributed by atoms with Gasteiger partial charge in [-0.25, -0.2) is 4.98 Å². The lowest BCUT2D eigenvalue weighted by molar-refractivity contribution is -0.138. The predicted octanol–water partition coefficient (Wildman–Crippen LogP) is 6.47. The van der Waals surface area contributed by atoms with Gasteiger partial charge in [0.2, 0.25) is 0 Å². The molecule has 2 atom stereocenters. The van der Waals surface area contributed by atoms with Gasteiger partial charge in [-0.2, -0.15) is 13.2 Å². The second-order valence-corrected chi connectivity index (χ2v) is 8.04. The lowest BCUT2D eigenvalue weighted by atomic mass is 9.96. The van der Waals surface area contributed by atoms with Crippen LogP contribution in [0.2, 0.25) is 0 Å². The first-order valence-electron chi connectivity index (χ1n) is 9.19. The minimum absolute atomic E-state index is 0.326. The monoisotopic (exact) mass is 435 g/mol. The smallest absolute Gasteiger partial charge is 0.416 e. The molecular formula is C22H20F3NO3S. The lowest BCUT2D eigenvalue weighted by Gasteiger charge is -2.16. The van der Waals surface area contributed by atoms with Gasteiger partial charge in [0.15, 0.2) is 0 Å². The fourth-order valence-corrected chi connectivity index (χ4v) is 3.91. The average molecular weight is 435 g/mol. The summed E-state index contributed by atoms with van der Waals surface area (Å²) in [4.78, 5) is 16.3. The van der Waals surface area contributed by atoms with Crippen LogP contribution >= 0.6 is 11.3 Å². The van der Waals surface area contributed by atoms with Gasteiger partial charge in [0.25, 0.3) is 0 Å². The third-order valence-corrected chi connectivity index (χ3v) is 5.98. The molecule has 2 unspecified atom stereocenters. The summed E-state index contributed by atoms with van der Waals surface area (Å²) < 4.78 is 44.1. The molecule has 3 aromatic rings. The number of rotatable bonds is 6. The molecule has 4 nitrogen and oxygen atoms in total. The minimum Gasteiger partial charge on any atom is -0.485 e. The molecular weight excluding hydrogens is 415 g/mol. The van der Waals surface area contributed by atoms with E-state index in [1.807, 2.05) is 13.8 Å². The van der Waals surface area contributed by atoms with Crippen LogP contribution in [0.5, 0.6) is 5.75 Å². The van der Waals surface area contributed by atoms with Gasteiger partial charge in [0, 0.05) is 11.8 Å². The molecule has 0 saturated carbocycles. The molecule has 0 radical (unpaired) electrons. The van der Waals surface area contributed by atoms with E-state index in [1.165, 1.54) is 23.5 Å². The van der Waals surface area contributed by atoms with E-state index in [2.05, 4.69) is 4.98 Å². The van der Waals surface area contributed by atoms with Crippen molar-refractivity contribution < 1.29 is 27.8 Å². The topological polar surface area (TPSA) is 59.4 Å². The summed E-state index contributed by atoms with van der Waals surface area (Å²) in [6, 6.07) is 10.2. The van der Waals surface area contributed by atoms with Crippen LogP contribution in [-0.4, -0.2) is 16.1 Å². The van der Waals surface area contributed by atoms with Crippen LogP contribution in [0.1, 0.15) is 47.4 Å². The number of benzene rings is 2. The van der Waals surface area contributed by atoms with Crippen molar-refractivity contribution in [2.75, 3.05) is 0 Å². The standard InChI is InChI=1S/C22H20F3NO3S/c1-12-10-17(8-9-18(12)13(2)21(27)28)29-14(3)19-11-26-20(30-19)15-4-6-16(7-5-15)22(23,24)25/h4-11,13-14H,1-3H3,(H,27,28). The molecule has 30 heavy (non-hydrogen) atoms. The van der Waals surface area contributed by atoms with Crippen LogP contribution in [0.4, 0.5) is 13.2 Å². The number of aryl methyl sites for hydroxylation is 1. The molecule has 0 spiro atoms. The van der Waals surface area contributed by atoms with Crippen molar-refractivity contribution in [3.05, 3.63) is 70.2 Å². The zero-order chi connectivity index (χ0) is 22.1. The molecule has 0 aliphatic carbocycles. The van der Waals surface area contributed by atoms with Crippen molar-refractivity contribution in [3.8, 4) is 16.3 Å². The molecule has 1 N–H and O–H groups in total. The normalized spacial score (nSPS) is 13.7. The van der Waals surface area contributed by atoms with Gasteiger partial charge in [-0.15, -0.1) is 11.3 Å². The number of hydrogen-bond acceptors (Lipinski definition) is 4. The van der Waals surface area contributed by atoms with Crippen molar-refractivity contribution in [2.45, 2.75) is 39.0 Å². The summed E-state index contributed by atoms with van der Waals surface area (Å²) in [7, 11) is 0. The van der Waals surface area contributed by atoms with E-state index < -0.39 is 23.6 Å². The third-order valence-electron chi connectivity index (χ3n) is 4.77. The number of nitrogens with zero attached hydrogens (tertiary/aromatic N) is 1. The number of ether oxygens (including phenoxy) is 1. The van der Waals surface area contributed by atoms with Gasteiger partial charge in [-0.3, -0.25) is 4.79 Å². The Morgan fingerprint density at radius 1 is 1.13 bits per heavy atom. The number of aromatic nitrogens is 1. The summed E-state index contributed by atoms with van der Waals surface area (Å²) in [5, 5.41) is 9.79. The molecule has 1 heterocycles. The molecule has 3 rings (SSSR count). The van der Waals surface area contributed by atoms with Crippen LogP contribution in [0.15, 0.2) is 48.7 Å². The number of alkyl halides is 3. The minimum atomic E-state index is -4.37. The quantitative estimate of drug-likeness (QED) is 0.482. The van der Waals surface area contributed by atoms with Crippen molar-refractivity contribution in [2.24, 2.45) is 0 Å². The Kier molecular flexibility index (Phi) is 6.17. The average Bonchev–Trinajstić information content (AvgIpc) is 3.17. The highest BCUT2D eigenvalue weighted by molar-refractivity contribution is 7.15. The van der Waals surface area contributed by atoms with Crippen molar-refractivity contribution in [3.63, 3.8) is 0 Å². The summed E-state index contributed by atoms with van der Waals surface area (Å²) in [6.07, 6.45) is -3.05. The predicted molar refractivity (Wildman–Crippen MR) is 109 cm³/mol. The Bertz CT molecular complexity index is 1040. The lowest BCUT2D eigenvalue weighted by Crippen LogP contribution is -2.09. The number of carbonyl (C=O) groups is 1. The Morgan fingerprint density at radius 3 is 2.37 bits per heavy atom. The summed E-state index contributed by atoms with van der Waals surface area (Å²) >= 11 is 1.35. The maximum absolute atomic E-state index is 12.7. The number of carboxylic acid groups (broad SMARTS) is 1. The van der Waals surface area contributed by atoms with Crippen LogP contribution in [-0.2, 0) is 11.0 Å². The summed E-state index contributed by atoms with van der Waals surface area (Å²) in [5.74, 6) is -0.893. The number of carboxylic acids is 1. The maximum atomic E-state index is 12.7. The maximum Gasteiger partial charge on any atom is 0.416 e. The van der Waals surface area contributed by atoms with Gasteiger partial charge in [0.1, 0.15) is 16.9 Å². The van der Waals surface area contributed by atoms with Gasteiger partial charge < -0.3 is 9.84 Å². The molecule has 0 aliphatic heterocycles. The zero-order valence-corrected chi connectivity index (χ0v) is 17.3. The van der Waals surface area contributed by atoms with Gasteiger partial charge >= 0.3 is 12.1 Å². The van der Waals surface area contributed by atoms with E-state index in [9.17, 15) is 23.1 Å². The first-order chi connectivity index (χ1) is 14.1. The van der Waals surface area contributed by atoms with E-state index in [4.69, 9.17) is 4.74 Å². The van der Waals surface area contributed by atoms with E-state index in [-0.39, 0.29) is 6.10 Å². The highest BCUT2D eigenvalue weighted by Gasteiger charge is 2.30. The fraction of sp³-hybridized carbons (Fsp3) is 0.273. The van der Waals surface area contributed by atoms with Crippen molar-refractivity contribution in [1.29, 1.82) is 0 Å². The number of halogens is 3. The Morgan fingerprint density at radius 2 is 1.80 bits per heavy atom. The molecule has 0 bridgehead atoms. The first kappa shape index (κ1) is 21.8. The number of hydrogen-bond donors (Lipinski definition) is 1. The van der Waals surface area contributed by atoms with E-state index in [0.717, 1.165) is 28.1 Å². The SMILES string of the molecule is Cc1cc(OC(C)c2cnc(-c3ccc(C(F)(F)F)cc3)s2)ccc1C(C)C(=O)O. The van der Waals surface area contributed by atoms with Crippen LogP contribution in [0.25, 0.3) is 10.6 Å². The second-order valence-electron chi connectivity index (χ2n) is 6.98. The molecule has 1 aromatic heterocycles. The largest absolute Gasteiger partial charge is 0.485 e. The molecule has 2 aromatic carbocycles. The van der Waals surface area contributed by atoms with E-state index in [0.29, 0.717) is 16.3 Å². The summed E-state index contributed by atoms with van der Waals surface area (Å²) in [5.41, 5.74) is 1.46. The van der Waals surface area contributed by atoms with Gasteiger partial charge in [0.05, 0.1) is 16.4 Å². The Hall–Kier alpha value is -2.87. The first-order valence-corrected chi connectivity index (χ1v) is 10.0. The highest BCUT2D eigenvalue weighted by Crippen LogP contribution is 2.34. The molecule has 8 heteroatoms.